The quantitative estimate of drug-likeness (QED) is 0.449. The van der Waals surface area contributed by atoms with Gasteiger partial charge in [-0.15, -0.1) is 10.2 Å². The summed E-state index contributed by atoms with van der Waals surface area (Å²) >= 11 is 0. The molecule has 0 fully saturated rings. The zero-order valence-corrected chi connectivity index (χ0v) is 12.5. The Labute approximate surface area is 128 Å². The Bertz CT molecular complexity index is 672. The van der Waals surface area contributed by atoms with Crippen molar-refractivity contribution in [3.05, 3.63) is 58.6 Å². The van der Waals surface area contributed by atoms with E-state index in [1.165, 1.54) is 0 Å². The molecule has 0 spiro atoms. The fourth-order valence-corrected chi connectivity index (χ4v) is 1.98. The summed E-state index contributed by atoms with van der Waals surface area (Å²) < 4.78 is 5.19. The second kappa shape index (κ2) is 7.31. The van der Waals surface area contributed by atoms with Crippen molar-refractivity contribution in [1.29, 1.82) is 0 Å². The van der Waals surface area contributed by atoms with Crippen LogP contribution in [0.4, 0.5) is 5.69 Å². The molecule has 0 bridgehead atoms. The van der Waals surface area contributed by atoms with E-state index in [0.717, 1.165) is 11.1 Å². The number of azo groups is 1. The monoisotopic (exact) mass is 299 g/mol. The summed E-state index contributed by atoms with van der Waals surface area (Å²) in [5.74, 6) is 0.628. The Balaban J connectivity index is 2.43. The molecule has 114 valence electrons. The molecule has 0 aliphatic rings. The van der Waals surface area contributed by atoms with Crippen molar-refractivity contribution in [3.63, 3.8) is 0 Å². The third kappa shape index (κ3) is 3.66. The molecule has 0 aromatic heterocycles. The van der Waals surface area contributed by atoms with Crippen molar-refractivity contribution in [2.75, 3.05) is 7.11 Å². The number of ether oxygens (including phenoxy) is 1. The van der Waals surface area contributed by atoms with Crippen LogP contribution in [-0.2, 0) is 0 Å². The molecule has 0 saturated heterocycles. The Morgan fingerprint density at radius 3 is 2.55 bits per heavy atom. The third-order valence-electron chi connectivity index (χ3n) is 3.20. The molecular weight excluding hydrogens is 282 g/mol. The van der Waals surface area contributed by atoms with Crippen LogP contribution in [0.3, 0.4) is 0 Å². The van der Waals surface area contributed by atoms with Gasteiger partial charge in [-0.25, -0.2) is 0 Å². The van der Waals surface area contributed by atoms with Crippen LogP contribution in [0.5, 0.6) is 5.75 Å². The normalized spacial score (nSPS) is 12.3. The van der Waals surface area contributed by atoms with Gasteiger partial charge in [0.2, 0.25) is 0 Å². The van der Waals surface area contributed by atoms with Crippen molar-refractivity contribution in [3.8, 4) is 16.9 Å². The van der Waals surface area contributed by atoms with Gasteiger partial charge in [0.05, 0.1) is 12.8 Å². The van der Waals surface area contributed by atoms with Gasteiger partial charge >= 0.3 is 6.17 Å². The Morgan fingerprint density at radius 1 is 1.23 bits per heavy atom. The molecular formula is C16H17N3O3. The Morgan fingerprint density at radius 2 is 1.95 bits per heavy atom. The lowest BCUT2D eigenvalue weighted by Gasteiger charge is -2.08. The minimum Gasteiger partial charge on any atom is -0.497 e. The zero-order chi connectivity index (χ0) is 15.9. The molecule has 0 aliphatic carbocycles. The van der Waals surface area contributed by atoms with E-state index in [2.05, 4.69) is 10.2 Å². The molecule has 0 radical (unpaired) electrons. The fraction of sp³-hybridized carbons (Fsp3) is 0.250. The lowest BCUT2D eigenvalue weighted by atomic mass is 10.0. The summed E-state index contributed by atoms with van der Waals surface area (Å²) in [4.78, 5) is 10.4. The first-order valence-electron chi connectivity index (χ1n) is 6.93. The molecule has 1 atom stereocenters. The Hall–Kier alpha value is -2.76. The van der Waals surface area contributed by atoms with Crippen molar-refractivity contribution in [2.45, 2.75) is 19.5 Å². The number of rotatable bonds is 6. The summed E-state index contributed by atoms with van der Waals surface area (Å²) in [6.07, 6.45) is -0.740. The van der Waals surface area contributed by atoms with Gasteiger partial charge in [0.15, 0.2) is 0 Å². The fourth-order valence-electron chi connectivity index (χ4n) is 1.98. The van der Waals surface area contributed by atoms with E-state index < -0.39 is 11.1 Å². The van der Waals surface area contributed by atoms with Gasteiger partial charge in [0, 0.05) is 23.0 Å². The van der Waals surface area contributed by atoms with E-state index in [4.69, 9.17) is 4.74 Å². The molecule has 0 N–H and O–H groups in total. The molecule has 0 aliphatic heterocycles. The van der Waals surface area contributed by atoms with E-state index >= 15 is 0 Å². The standard InChI is InChI=1S/C16H17N3O3/c1-3-16(19(20)21)18-17-15-11-13(22-2)9-10-14(15)12-7-5-4-6-8-12/h4-11,16H,3H2,1-2H3. The minimum atomic E-state index is -1.03. The van der Waals surface area contributed by atoms with Crippen LogP contribution in [0.2, 0.25) is 0 Å². The topological polar surface area (TPSA) is 77.1 Å². The summed E-state index contributed by atoms with van der Waals surface area (Å²) in [5, 5.41) is 18.8. The summed E-state index contributed by atoms with van der Waals surface area (Å²) in [6, 6.07) is 15.1. The van der Waals surface area contributed by atoms with Gasteiger partial charge in [-0.1, -0.05) is 37.3 Å². The second-order valence-electron chi connectivity index (χ2n) is 4.64. The minimum absolute atomic E-state index is 0.293. The summed E-state index contributed by atoms with van der Waals surface area (Å²) in [5.41, 5.74) is 2.36. The molecule has 1 unspecified atom stereocenters. The molecule has 2 aromatic rings. The van der Waals surface area contributed by atoms with Crippen LogP contribution in [-0.4, -0.2) is 18.2 Å². The van der Waals surface area contributed by atoms with Crippen LogP contribution in [0.1, 0.15) is 13.3 Å². The molecule has 2 aromatic carbocycles. The molecule has 6 heteroatoms. The molecule has 6 nitrogen and oxygen atoms in total. The van der Waals surface area contributed by atoms with Gasteiger partial charge in [0.25, 0.3) is 0 Å². The molecule has 22 heavy (non-hydrogen) atoms. The first-order valence-corrected chi connectivity index (χ1v) is 6.93. The van der Waals surface area contributed by atoms with Crippen LogP contribution in [0.15, 0.2) is 58.8 Å². The molecule has 0 amide bonds. The van der Waals surface area contributed by atoms with Gasteiger partial charge in [0.1, 0.15) is 5.75 Å². The number of benzene rings is 2. The van der Waals surface area contributed by atoms with Gasteiger partial charge in [-0.05, 0) is 17.7 Å². The SMILES string of the molecule is CCC(N=Nc1cc(OC)ccc1-c1ccccc1)[N+](=O)[O-]. The van der Waals surface area contributed by atoms with Gasteiger partial charge in [-0.3, -0.25) is 10.1 Å². The van der Waals surface area contributed by atoms with E-state index in [1.54, 1.807) is 20.1 Å². The average Bonchev–Trinajstić information content (AvgIpc) is 2.55. The molecule has 0 heterocycles. The van der Waals surface area contributed by atoms with Crippen LogP contribution in [0, 0.1) is 10.1 Å². The highest BCUT2D eigenvalue weighted by Crippen LogP contribution is 2.34. The highest BCUT2D eigenvalue weighted by molar-refractivity contribution is 5.76. The van der Waals surface area contributed by atoms with E-state index in [9.17, 15) is 10.1 Å². The van der Waals surface area contributed by atoms with Crippen LogP contribution < -0.4 is 4.74 Å². The first-order chi connectivity index (χ1) is 10.7. The van der Waals surface area contributed by atoms with E-state index in [-0.39, 0.29) is 0 Å². The molecule has 2 rings (SSSR count). The highest BCUT2D eigenvalue weighted by atomic mass is 16.6. The predicted octanol–water partition coefficient (Wildman–Crippen LogP) is 4.46. The maximum atomic E-state index is 10.9. The van der Waals surface area contributed by atoms with Crippen molar-refractivity contribution < 1.29 is 9.66 Å². The third-order valence-corrected chi connectivity index (χ3v) is 3.20. The first kappa shape index (κ1) is 15.6. The van der Waals surface area contributed by atoms with Crippen molar-refractivity contribution >= 4 is 5.69 Å². The predicted molar refractivity (Wildman–Crippen MR) is 84.0 cm³/mol. The van der Waals surface area contributed by atoms with E-state index in [0.29, 0.717) is 17.9 Å². The van der Waals surface area contributed by atoms with Crippen LogP contribution >= 0.6 is 0 Å². The van der Waals surface area contributed by atoms with Crippen molar-refractivity contribution in [2.24, 2.45) is 10.2 Å². The summed E-state index contributed by atoms with van der Waals surface area (Å²) in [7, 11) is 1.56. The van der Waals surface area contributed by atoms with Crippen molar-refractivity contribution in [1.82, 2.24) is 0 Å². The Kier molecular flexibility index (Phi) is 5.19. The van der Waals surface area contributed by atoms with E-state index in [1.807, 2.05) is 42.5 Å². The smallest absolute Gasteiger partial charge is 0.320 e. The second-order valence-corrected chi connectivity index (χ2v) is 4.64. The van der Waals surface area contributed by atoms with Gasteiger partial charge in [-0.2, -0.15) is 0 Å². The number of nitrogens with zero attached hydrogens (tertiary/aromatic N) is 3. The molecule has 0 saturated carbocycles. The number of methoxy groups -OCH3 is 1. The van der Waals surface area contributed by atoms with Crippen LogP contribution in [0.25, 0.3) is 11.1 Å². The largest absolute Gasteiger partial charge is 0.497 e. The van der Waals surface area contributed by atoms with Gasteiger partial charge < -0.3 is 4.74 Å². The number of hydrogen-bond acceptors (Lipinski definition) is 5. The number of hydrogen-bond donors (Lipinski definition) is 0. The maximum Gasteiger partial charge on any atom is 0.320 e. The highest BCUT2D eigenvalue weighted by Gasteiger charge is 2.15. The summed E-state index contributed by atoms with van der Waals surface area (Å²) in [6.45, 7) is 1.70. The lowest BCUT2D eigenvalue weighted by Crippen LogP contribution is -2.14. The maximum absolute atomic E-state index is 10.9. The lowest BCUT2D eigenvalue weighted by molar-refractivity contribution is -0.521. The number of nitro groups is 1. The zero-order valence-electron chi connectivity index (χ0n) is 12.5. The average molecular weight is 299 g/mol.